The molecule has 0 aliphatic carbocycles. The van der Waals surface area contributed by atoms with Gasteiger partial charge in [0.15, 0.2) is 0 Å². The number of nitrogens with zero attached hydrogens (tertiary/aromatic N) is 1. The smallest absolute Gasteiger partial charge is 0.0571 e. The van der Waals surface area contributed by atoms with Crippen LogP contribution in [0.5, 0.6) is 0 Å². The topological polar surface area (TPSA) is 79.0 Å². The molecule has 0 radical (unpaired) electrons. The van der Waals surface area contributed by atoms with E-state index in [1.807, 2.05) is 25.1 Å². The van der Waals surface area contributed by atoms with Crippen LogP contribution in [0.4, 0.5) is 0 Å². The molecule has 1 rings (SSSR count). The van der Waals surface area contributed by atoms with Crippen LogP contribution >= 0.6 is 0 Å². The van der Waals surface area contributed by atoms with Crippen LogP contribution < -0.4 is 5.73 Å². The highest BCUT2D eigenvalue weighted by molar-refractivity contribution is 7.79. The zero-order valence-electron chi connectivity index (χ0n) is 8.63. The van der Waals surface area contributed by atoms with Gasteiger partial charge in [0.05, 0.1) is 5.69 Å². The van der Waals surface area contributed by atoms with Gasteiger partial charge in [-0.15, -0.1) is 0 Å². The maximum absolute atomic E-state index is 10.5. The van der Waals surface area contributed by atoms with E-state index in [1.54, 1.807) is 6.20 Å². The monoisotopic (exact) mass is 227 g/mol. The molecule has 0 bridgehead atoms. The van der Waals surface area contributed by atoms with Gasteiger partial charge in [0, 0.05) is 18.0 Å². The predicted molar refractivity (Wildman–Crippen MR) is 58.7 cm³/mol. The quantitative estimate of drug-likeness (QED) is 0.761. The van der Waals surface area contributed by atoms with Crippen molar-refractivity contribution in [1.29, 1.82) is 0 Å². The molecule has 0 saturated carbocycles. The first kappa shape index (κ1) is 12.3. The number of rotatable bonds is 5. The summed E-state index contributed by atoms with van der Waals surface area (Å²) in [6.45, 7) is 1.87. The number of pyridine rings is 1. The molecule has 5 heteroatoms. The first-order valence-electron chi connectivity index (χ1n) is 4.82. The zero-order chi connectivity index (χ0) is 11.3. The van der Waals surface area contributed by atoms with Gasteiger partial charge in [-0.2, -0.15) is 0 Å². The molecule has 2 N–H and O–H groups in total. The number of hydrogen-bond acceptors (Lipinski definition) is 4. The highest BCUT2D eigenvalue weighted by Gasteiger charge is 2.11. The molecule has 0 amide bonds. The summed E-state index contributed by atoms with van der Waals surface area (Å²) in [6.07, 6.45) is 2.32. The van der Waals surface area contributed by atoms with Gasteiger partial charge >= 0.3 is 0 Å². The third-order valence-corrected chi connectivity index (χ3v) is 2.99. The van der Waals surface area contributed by atoms with E-state index < -0.39 is 11.1 Å². The molecule has 84 valence electrons. The summed E-state index contributed by atoms with van der Waals surface area (Å²) >= 11 is -1.99. The van der Waals surface area contributed by atoms with Crippen LogP contribution in [-0.4, -0.2) is 19.5 Å². The number of aromatic nitrogens is 1. The summed E-state index contributed by atoms with van der Waals surface area (Å²) in [4.78, 5) is 4.13. The van der Waals surface area contributed by atoms with Crippen LogP contribution in [0.2, 0.25) is 0 Å². The molecule has 0 spiro atoms. The van der Waals surface area contributed by atoms with Crippen molar-refractivity contribution in [2.24, 2.45) is 11.7 Å². The minimum atomic E-state index is -1.99. The fourth-order valence-electron chi connectivity index (χ4n) is 1.45. The van der Waals surface area contributed by atoms with E-state index in [9.17, 15) is 8.76 Å². The maximum Gasteiger partial charge on any atom is 0.0571 e. The van der Waals surface area contributed by atoms with E-state index in [1.165, 1.54) is 0 Å². The van der Waals surface area contributed by atoms with Crippen molar-refractivity contribution < 1.29 is 8.76 Å². The molecule has 3 atom stereocenters. The van der Waals surface area contributed by atoms with Crippen molar-refractivity contribution in [3.63, 3.8) is 0 Å². The van der Waals surface area contributed by atoms with Crippen LogP contribution in [-0.2, 0) is 11.1 Å². The number of hydrogen-bond donors (Lipinski definition) is 1. The molecule has 1 aromatic rings. The molecule has 1 aromatic heterocycles. The average Bonchev–Trinajstić information content (AvgIpc) is 2.17. The Labute approximate surface area is 92.2 Å². The second-order valence-corrected chi connectivity index (χ2v) is 4.61. The Morgan fingerprint density at radius 1 is 1.60 bits per heavy atom. The second kappa shape index (κ2) is 5.95. The van der Waals surface area contributed by atoms with E-state index >= 15 is 0 Å². The van der Waals surface area contributed by atoms with Gasteiger partial charge < -0.3 is 10.3 Å². The lowest BCUT2D eigenvalue weighted by molar-refractivity contribution is 0.479. The van der Waals surface area contributed by atoms with Gasteiger partial charge in [0.2, 0.25) is 0 Å². The third kappa shape index (κ3) is 4.51. The molecule has 15 heavy (non-hydrogen) atoms. The molecule has 1 heterocycles. The third-order valence-electron chi connectivity index (χ3n) is 2.14. The SMILES string of the molecule is CC(CC(N)c1ccccn1)CS(=O)[O-]. The van der Waals surface area contributed by atoms with Crippen molar-refractivity contribution in [1.82, 2.24) is 4.98 Å². The highest BCUT2D eigenvalue weighted by atomic mass is 32.2. The van der Waals surface area contributed by atoms with E-state index in [0.717, 1.165) is 5.69 Å². The van der Waals surface area contributed by atoms with Crippen molar-refractivity contribution >= 4 is 11.1 Å². The van der Waals surface area contributed by atoms with Gasteiger partial charge in [-0.3, -0.25) is 9.19 Å². The van der Waals surface area contributed by atoms with Gasteiger partial charge in [-0.25, -0.2) is 0 Å². The Morgan fingerprint density at radius 2 is 2.33 bits per heavy atom. The summed E-state index contributed by atoms with van der Waals surface area (Å²) < 4.78 is 20.9. The molecule has 0 saturated heterocycles. The largest absolute Gasteiger partial charge is 0.772 e. The van der Waals surface area contributed by atoms with Crippen molar-refractivity contribution in [2.75, 3.05) is 5.75 Å². The molecular weight excluding hydrogens is 212 g/mol. The van der Waals surface area contributed by atoms with Gasteiger partial charge in [0.25, 0.3) is 0 Å². The standard InChI is InChI=1S/C10H16N2O2S/c1-8(7-15(13)14)6-9(11)10-4-2-3-5-12-10/h2-5,8-9H,6-7,11H2,1H3,(H,13,14)/p-1. The lowest BCUT2D eigenvalue weighted by Crippen LogP contribution is -2.18. The van der Waals surface area contributed by atoms with Crippen molar-refractivity contribution in [3.8, 4) is 0 Å². The van der Waals surface area contributed by atoms with Crippen LogP contribution in [0.1, 0.15) is 25.1 Å². The van der Waals surface area contributed by atoms with Gasteiger partial charge in [0.1, 0.15) is 0 Å². The Hall–Kier alpha value is -0.780. The Morgan fingerprint density at radius 3 is 2.87 bits per heavy atom. The molecule has 0 aromatic carbocycles. The van der Waals surface area contributed by atoms with E-state index in [0.29, 0.717) is 6.42 Å². The maximum atomic E-state index is 10.5. The number of nitrogens with two attached hydrogens (primary N) is 1. The molecule has 3 unspecified atom stereocenters. The molecule has 4 nitrogen and oxygen atoms in total. The minimum absolute atomic E-state index is 0.0559. The Kier molecular flexibility index (Phi) is 4.87. The normalized spacial score (nSPS) is 17.0. The van der Waals surface area contributed by atoms with Crippen LogP contribution in [0.15, 0.2) is 24.4 Å². The molecule has 0 fully saturated rings. The van der Waals surface area contributed by atoms with E-state index in [2.05, 4.69) is 4.98 Å². The lowest BCUT2D eigenvalue weighted by atomic mass is 10.0. The van der Waals surface area contributed by atoms with Crippen LogP contribution in [0, 0.1) is 5.92 Å². The average molecular weight is 227 g/mol. The predicted octanol–water partition coefficient (Wildman–Crippen LogP) is 0.987. The van der Waals surface area contributed by atoms with Gasteiger partial charge in [-0.05, 0) is 24.5 Å². The van der Waals surface area contributed by atoms with Crippen LogP contribution in [0.25, 0.3) is 0 Å². The lowest BCUT2D eigenvalue weighted by Gasteiger charge is -2.17. The second-order valence-electron chi connectivity index (χ2n) is 3.67. The fourth-order valence-corrected chi connectivity index (χ4v) is 2.05. The minimum Gasteiger partial charge on any atom is -0.772 e. The van der Waals surface area contributed by atoms with Crippen molar-refractivity contribution in [3.05, 3.63) is 30.1 Å². The summed E-state index contributed by atoms with van der Waals surface area (Å²) in [7, 11) is 0. The molecular formula is C10H15N2O2S-. The van der Waals surface area contributed by atoms with E-state index in [-0.39, 0.29) is 17.7 Å². The summed E-state index contributed by atoms with van der Waals surface area (Å²) in [5.74, 6) is 0.209. The summed E-state index contributed by atoms with van der Waals surface area (Å²) in [5.41, 5.74) is 6.71. The Balaban J connectivity index is 2.49. The highest BCUT2D eigenvalue weighted by Crippen LogP contribution is 2.17. The van der Waals surface area contributed by atoms with Crippen molar-refractivity contribution in [2.45, 2.75) is 19.4 Å². The first-order chi connectivity index (χ1) is 7.09. The molecule has 0 aliphatic heterocycles. The van der Waals surface area contributed by atoms with E-state index in [4.69, 9.17) is 5.73 Å². The van der Waals surface area contributed by atoms with Gasteiger partial charge in [-0.1, -0.05) is 24.1 Å². The Bertz CT molecular complexity index is 318. The van der Waals surface area contributed by atoms with Crippen LogP contribution in [0.3, 0.4) is 0 Å². The zero-order valence-corrected chi connectivity index (χ0v) is 9.44. The summed E-state index contributed by atoms with van der Waals surface area (Å²) in [6, 6.07) is 5.36. The first-order valence-corrected chi connectivity index (χ1v) is 6.06. The fraction of sp³-hybridized carbons (Fsp3) is 0.500. The molecule has 0 aliphatic rings. The summed E-state index contributed by atoms with van der Waals surface area (Å²) in [5, 5.41) is 0.